The lowest BCUT2D eigenvalue weighted by Gasteiger charge is -2.31. The van der Waals surface area contributed by atoms with Crippen molar-refractivity contribution in [3.05, 3.63) is 54.0 Å². The fourth-order valence-corrected chi connectivity index (χ4v) is 2.82. The topological polar surface area (TPSA) is 84.4 Å². The van der Waals surface area contributed by atoms with Crippen LogP contribution in [-0.4, -0.2) is 52.3 Å². The van der Waals surface area contributed by atoms with Crippen molar-refractivity contribution >= 4 is 11.8 Å². The molecule has 0 saturated carbocycles. The molecule has 0 aliphatic heterocycles. The highest BCUT2D eigenvalue weighted by Crippen LogP contribution is 2.23. The maximum Gasteiger partial charge on any atom is 0.278 e. The van der Waals surface area contributed by atoms with Crippen LogP contribution in [0.2, 0.25) is 0 Å². The summed E-state index contributed by atoms with van der Waals surface area (Å²) in [5.41, 5.74) is 1.16. The molecule has 0 radical (unpaired) electrons. The van der Waals surface area contributed by atoms with Crippen LogP contribution in [0.1, 0.15) is 49.7 Å². The summed E-state index contributed by atoms with van der Waals surface area (Å²) in [5.74, 6) is -3.45. The Morgan fingerprint density at radius 3 is 2.48 bits per heavy atom. The van der Waals surface area contributed by atoms with Gasteiger partial charge < -0.3 is 15.0 Å². The van der Waals surface area contributed by atoms with Crippen LogP contribution < -0.4 is 10.1 Å². The van der Waals surface area contributed by atoms with E-state index in [1.165, 1.54) is 18.5 Å². The molecule has 0 bridgehead atoms. The molecule has 1 atom stereocenters. The van der Waals surface area contributed by atoms with E-state index in [1.54, 1.807) is 43.1 Å². The number of hydrogen-bond acceptors (Lipinski definition) is 5. The first kappa shape index (κ1) is 24.2. The molecule has 1 N–H and O–H groups in total. The van der Waals surface area contributed by atoms with E-state index in [-0.39, 0.29) is 36.2 Å². The largest absolute Gasteiger partial charge is 0.471 e. The number of ether oxygens (including phenoxy) is 1. The van der Waals surface area contributed by atoms with E-state index in [2.05, 4.69) is 15.3 Å². The molecule has 2 aromatic heterocycles. The average Bonchev–Trinajstić information content (AvgIpc) is 2.74. The van der Waals surface area contributed by atoms with E-state index in [0.29, 0.717) is 12.1 Å². The van der Waals surface area contributed by atoms with Gasteiger partial charge in [0, 0.05) is 50.6 Å². The van der Waals surface area contributed by atoms with E-state index in [0.717, 1.165) is 12.5 Å². The first-order chi connectivity index (χ1) is 14.6. The van der Waals surface area contributed by atoms with Crippen LogP contribution in [0.15, 0.2) is 42.9 Å². The van der Waals surface area contributed by atoms with E-state index >= 15 is 0 Å². The Bertz CT molecular complexity index is 855. The number of halogens is 2. The minimum atomic E-state index is -2.95. The zero-order valence-electron chi connectivity index (χ0n) is 18.1. The summed E-state index contributed by atoms with van der Waals surface area (Å²) in [5, 5.41) is 2.79. The molecule has 0 spiro atoms. The van der Waals surface area contributed by atoms with Gasteiger partial charge in [0.25, 0.3) is 11.8 Å². The third-order valence-corrected chi connectivity index (χ3v) is 4.52. The van der Waals surface area contributed by atoms with Crippen molar-refractivity contribution < 1.29 is 23.1 Å². The quantitative estimate of drug-likeness (QED) is 0.619. The fraction of sp³-hybridized carbons (Fsp3) is 0.455. The standard InChI is InChI=1S/C22H28F2N4O3/c1-15(2)21(30)28(11-10-26-20(29)18-6-5-9-25-12-18)16(3)17-7-8-19(27-13-17)31-14-22(4,23)24/h5-9,12-13,15-16H,10-11,14H2,1-4H3,(H,26,29). The molecule has 9 heteroatoms. The minimum absolute atomic E-state index is 0.0749. The van der Waals surface area contributed by atoms with Gasteiger partial charge in [0.2, 0.25) is 11.8 Å². The van der Waals surface area contributed by atoms with Crippen molar-refractivity contribution in [2.45, 2.75) is 39.7 Å². The maximum atomic E-state index is 12.9. The summed E-state index contributed by atoms with van der Waals surface area (Å²) in [6.07, 6.45) is 4.56. The maximum absolute atomic E-state index is 12.9. The molecule has 2 amide bonds. The van der Waals surface area contributed by atoms with Gasteiger partial charge >= 0.3 is 0 Å². The van der Waals surface area contributed by atoms with Crippen molar-refractivity contribution in [3.8, 4) is 5.88 Å². The number of nitrogens with zero attached hydrogens (tertiary/aromatic N) is 3. The van der Waals surface area contributed by atoms with Gasteiger partial charge in [-0.2, -0.15) is 0 Å². The predicted molar refractivity (Wildman–Crippen MR) is 112 cm³/mol. The second kappa shape index (κ2) is 10.8. The highest BCUT2D eigenvalue weighted by atomic mass is 19.3. The molecular weight excluding hydrogens is 406 g/mol. The molecule has 0 aromatic carbocycles. The van der Waals surface area contributed by atoms with Crippen LogP contribution in [0.3, 0.4) is 0 Å². The van der Waals surface area contributed by atoms with Crippen molar-refractivity contribution in [1.29, 1.82) is 0 Å². The van der Waals surface area contributed by atoms with Gasteiger partial charge in [0.1, 0.15) is 0 Å². The molecule has 2 heterocycles. The van der Waals surface area contributed by atoms with Gasteiger partial charge in [0.05, 0.1) is 11.6 Å². The Balaban J connectivity index is 2.03. The number of carbonyl (C=O) groups excluding carboxylic acids is 2. The molecular formula is C22H28F2N4O3. The molecule has 31 heavy (non-hydrogen) atoms. The van der Waals surface area contributed by atoms with Crippen molar-refractivity contribution in [3.63, 3.8) is 0 Å². The van der Waals surface area contributed by atoms with Gasteiger partial charge in [0.15, 0.2) is 6.61 Å². The molecule has 168 valence electrons. The Morgan fingerprint density at radius 2 is 1.94 bits per heavy atom. The zero-order valence-corrected chi connectivity index (χ0v) is 18.1. The molecule has 2 rings (SSSR count). The Kier molecular flexibility index (Phi) is 8.41. The van der Waals surface area contributed by atoms with E-state index in [4.69, 9.17) is 4.74 Å². The van der Waals surface area contributed by atoms with E-state index in [1.807, 2.05) is 6.92 Å². The molecule has 0 aliphatic carbocycles. The molecule has 1 unspecified atom stereocenters. The smallest absolute Gasteiger partial charge is 0.278 e. The molecule has 7 nitrogen and oxygen atoms in total. The van der Waals surface area contributed by atoms with Crippen molar-refractivity contribution in [1.82, 2.24) is 20.2 Å². The summed E-state index contributed by atoms with van der Waals surface area (Å²) < 4.78 is 30.9. The SMILES string of the molecule is CC(C)C(=O)N(CCNC(=O)c1cccnc1)C(C)c1ccc(OCC(C)(F)F)nc1. The lowest BCUT2D eigenvalue weighted by molar-refractivity contribution is -0.136. The number of hydrogen-bond donors (Lipinski definition) is 1. The summed E-state index contributed by atoms with van der Waals surface area (Å²) in [6, 6.07) is 6.19. The number of aromatic nitrogens is 2. The van der Waals surface area contributed by atoms with Gasteiger partial charge in [-0.25, -0.2) is 13.8 Å². The first-order valence-corrected chi connectivity index (χ1v) is 10.0. The second-order valence-corrected chi connectivity index (χ2v) is 7.65. The van der Waals surface area contributed by atoms with Gasteiger partial charge in [-0.3, -0.25) is 14.6 Å². The highest BCUT2D eigenvalue weighted by molar-refractivity contribution is 5.93. The van der Waals surface area contributed by atoms with Crippen LogP contribution >= 0.6 is 0 Å². The monoisotopic (exact) mass is 434 g/mol. The lowest BCUT2D eigenvalue weighted by Crippen LogP contribution is -2.42. The zero-order chi connectivity index (χ0) is 23.0. The Labute approximate surface area is 180 Å². The molecule has 2 aromatic rings. The third-order valence-electron chi connectivity index (χ3n) is 4.52. The number of rotatable bonds is 10. The number of nitrogens with one attached hydrogen (secondary N) is 1. The predicted octanol–water partition coefficient (Wildman–Crippen LogP) is 3.49. The van der Waals surface area contributed by atoms with Gasteiger partial charge in [-0.1, -0.05) is 19.9 Å². The van der Waals surface area contributed by atoms with Gasteiger partial charge in [-0.15, -0.1) is 0 Å². The van der Waals surface area contributed by atoms with E-state index < -0.39 is 12.5 Å². The number of alkyl halides is 2. The summed E-state index contributed by atoms with van der Waals surface area (Å²) in [7, 11) is 0. The molecule has 0 saturated heterocycles. The fourth-order valence-electron chi connectivity index (χ4n) is 2.82. The third kappa shape index (κ3) is 7.58. The number of pyridine rings is 2. The summed E-state index contributed by atoms with van der Waals surface area (Å²) >= 11 is 0. The normalized spacial score (nSPS) is 12.4. The summed E-state index contributed by atoms with van der Waals surface area (Å²) in [6.45, 7) is 6.02. The summed E-state index contributed by atoms with van der Waals surface area (Å²) in [4.78, 5) is 34.6. The Morgan fingerprint density at radius 1 is 1.19 bits per heavy atom. The second-order valence-electron chi connectivity index (χ2n) is 7.65. The molecule has 0 fully saturated rings. The average molecular weight is 434 g/mol. The van der Waals surface area contributed by atoms with Crippen LogP contribution in [0, 0.1) is 5.92 Å². The van der Waals surface area contributed by atoms with Crippen molar-refractivity contribution in [2.24, 2.45) is 5.92 Å². The Hall–Kier alpha value is -3.10. The van der Waals surface area contributed by atoms with Crippen LogP contribution in [0.25, 0.3) is 0 Å². The lowest BCUT2D eigenvalue weighted by atomic mass is 10.1. The van der Waals surface area contributed by atoms with E-state index in [9.17, 15) is 18.4 Å². The number of amides is 2. The van der Waals surface area contributed by atoms with Crippen LogP contribution in [0.4, 0.5) is 8.78 Å². The first-order valence-electron chi connectivity index (χ1n) is 10.0. The highest BCUT2D eigenvalue weighted by Gasteiger charge is 2.25. The van der Waals surface area contributed by atoms with Gasteiger partial charge in [-0.05, 0) is 24.6 Å². The number of carbonyl (C=O) groups is 2. The van der Waals surface area contributed by atoms with Crippen molar-refractivity contribution in [2.75, 3.05) is 19.7 Å². The molecule has 0 aliphatic rings. The van der Waals surface area contributed by atoms with Crippen LogP contribution in [-0.2, 0) is 4.79 Å². The van der Waals surface area contributed by atoms with Crippen LogP contribution in [0.5, 0.6) is 5.88 Å². The minimum Gasteiger partial charge on any atom is -0.471 e.